The fourth-order valence-electron chi connectivity index (χ4n) is 2.27. The van der Waals surface area contributed by atoms with Gasteiger partial charge in [-0.1, -0.05) is 72.8 Å². The van der Waals surface area contributed by atoms with E-state index < -0.39 is 0 Å². The van der Waals surface area contributed by atoms with Crippen LogP contribution in [0.15, 0.2) is 72.8 Å². The minimum absolute atomic E-state index is 0.275. The molecule has 3 aromatic rings. The number of rotatable bonds is 4. The third kappa shape index (κ3) is 4.37. The van der Waals surface area contributed by atoms with Crippen molar-refractivity contribution in [3.05, 3.63) is 95.1 Å². The topological polar surface area (TPSA) is 40.5 Å². The van der Waals surface area contributed by atoms with Crippen molar-refractivity contribution in [2.24, 2.45) is 0 Å². The Morgan fingerprint density at radius 3 is 0.833 bits per heavy atom. The number of benzene rings is 3. The zero-order valence-corrected chi connectivity index (χ0v) is 13.1. The van der Waals surface area contributed by atoms with Crippen molar-refractivity contribution < 1.29 is 10.2 Å². The number of hydrogen-bond donors (Lipinski definition) is 2. The molecule has 2 heteroatoms. The fourth-order valence-corrected chi connectivity index (χ4v) is 2.27. The van der Waals surface area contributed by atoms with Crippen LogP contribution in [-0.2, 0) is 0 Å². The van der Waals surface area contributed by atoms with Gasteiger partial charge in [0.2, 0.25) is 0 Å². The summed E-state index contributed by atoms with van der Waals surface area (Å²) in [5.41, 5.74) is 4.32. The highest BCUT2D eigenvalue weighted by Crippen LogP contribution is 2.15. The van der Waals surface area contributed by atoms with E-state index in [1.54, 1.807) is 24.3 Å². The summed E-state index contributed by atoms with van der Waals surface area (Å²) >= 11 is 0. The van der Waals surface area contributed by atoms with Gasteiger partial charge in [0.1, 0.15) is 11.5 Å². The van der Waals surface area contributed by atoms with E-state index in [1.807, 2.05) is 48.6 Å². The molecule has 0 fully saturated rings. The van der Waals surface area contributed by atoms with Crippen molar-refractivity contribution in [3.63, 3.8) is 0 Å². The van der Waals surface area contributed by atoms with E-state index in [0.29, 0.717) is 0 Å². The Balaban J connectivity index is 1.66. The van der Waals surface area contributed by atoms with E-state index in [-0.39, 0.29) is 11.5 Å². The van der Waals surface area contributed by atoms with Crippen LogP contribution in [0.5, 0.6) is 11.5 Å². The molecule has 2 N–H and O–H groups in total. The Kier molecular flexibility index (Phi) is 4.78. The first-order chi connectivity index (χ1) is 11.7. The molecule has 0 amide bonds. The van der Waals surface area contributed by atoms with Gasteiger partial charge in [-0.05, 0) is 46.5 Å². The monoisotopic (exact) mass is 314 g/mol. The normalized spacial score (nSPS) is 11.3. The minimum atomic E-state index is 0.275. The van der Waals surface area contributed by atoms with E-state index in [4.69, 9.17) is 0 Å². The van der Waals surface area contributed by atoms with E-state index in [0.717, 1.165) is 22.3 Å². The lowest BCUT2D eigenvalue weighted by molar-refractivity contribution is 0.474. The van der Waals surface area contributed by atoms with Gasteiger partial charge in [-0.15, -0.1) is 0 Å². The van der Waals surface area contributed by atoms with Crippen LogP contribution in [0.2, 0.25) is 0 Å². The summed E-state index contributed by atoms with van der Waals surface area (Å²) in [6.45, 7) is 0. The summed E-state index contributed by atoms with van der Waals surface area (Å²) in [5.74, 6) is 0.550. The van der Waals surface area contributed by atoms with Gasteiger partial charge in [0, 0.05) is 0 Å². The quantitative estimate of drug-likeness (QED) is 0.630. The summed E-state index contributed by atoms with van der Waals surface area (Å²) in [7, 11) is 0. The molecule has 0 heterocycles. The molecule has 0 bridgehead atoms. The van der Waals surface area contributed by atoms with Crippen molar-refractivity contribution in [1.82, 2.24) is 0 Å². The standard InChI is InChI=1S/C22H18O2/c23-21-13-9-19(10-14-21)7-5-17-1-2-18(4-3-17)6-8-20-11-15-22(24)16-12-20/h1-16,23-24H/b7-5+,8-6?. The molecule has 0 spiro atoms. The van der Waals surface area contributed by atoms with E-state index >= 15 is 0 Å². The van der Waals surface area contributed by atoms with Crippen molar-refractivity contribution in [3.8, 4) is 11.5 Å². The average Bonchev–Trinajstić information content (AvgIpc) is 2.62. The number of hydrogen-bond acceptors (Lipinski definition) is 2. The maximum atomic E-state index is 9.28. The first-order valence-corrected chi connectivity index (χ1v) is 7.73. The van der Waals surface area contributed by atoms with Gasteiger partial charge < -0.3 is 10.2 Å². The van der Waals surface area contributed by atoms with Crippen LogP contribution < -0.4 is 0 Å². The Labute approximate surface area is 141 Å². The number of phenolic OH excluding ortho intramolecular Hbond substituents is 2. The predicted molar refractivity (Wildman–Crippen MR) is 101 cm³/mol. The number of aromatic hydroxyl groups is 2. The Morgan fingerprint density at radius 1 is 0.375 bits per heavy atom. The van der Waals surface area contributed by atoms with Gasteiger partial charge in [0.25, 0.3) is 0 Å². The molecular weight excluding hydrogens is 296 g/mol. The molecule has 0 unspecified atom stereocenters. The zero-order chi connectivity index (χ0) is 16.8. The lowest BCUT2D eigenvalue weighted by Crippen LogP contribution is -1.76. The maximum Gasteiger partial charge on any atom is 0.115 e. The number of phenols is 2. The molecule has 0 saturated carbocycles. The van der Waals surface area contributed by atoms with Crippen LogP contribution >= 0.6 is 0 Å². The molecule has 118 valence electrons. The summed E-state index contributed by atoms with van der Waals surface area (Å²) < 4.78 is 0. The molecule has 0 aliphatic carbocycles. The van der Waals surface area contributed by atoms with Crippen LogP contribution in [0.25, 0.3) is 24.3 Å². The van der Waals surface area contributed by atoms with Crippen LogP contribution in [-0.4, -0.2) is 10.2 Å². The third-order valence-electron chi connectivity index (χ3n) is 3.66. The third-order valence-corrected chi connectivity index (χ3v) is 3.66. The molecule has 3 rings (SSSR count). The molecule has 0 aromatic heterocycles. The van der Waals surface area contributed by atoms with Crippen LogP contribution in [0.4, 0.5) is 0 Å². The van der Waals surface area contributed by atoms with Crippen molar-refractivity contribution >= 4 is 24.3 Å². The summed E-state index contributed by atoms with van der Waals surface area (Å²) in [5, 5.41) is 18.6. The van der Waals surface area contributed by atoms with Crippen molar-refractivity contribution in [2.45, 2.75) is 0 Å². The molecule has 0 saturated heterocycles. The summed E-state index contributed by atoms with van der Waals surface area (Å²) in [6.07, 6.45) is 8.11. The maximum absolute atomic E-state index is 9.28. The highest BCUT2D eigenvalue weighted by molar-refractivity contribution is 5.73. The van der Waals surface area contributed by atoms with Crippen molar-refractivity contribution in [1.29, 1.82) is 0 Å². The largest absolute Gasteiger partial charge is 0.508 e. The van der Waals surface area contributed by atoms with Gasteiger partial charge >= 0.3 is 0 Å². The highest BCUT2D eigenvalue weighted by Gasteiger charge is 1.92. The molecule has 2 nitrogen and oxygen atoms in total. The molecule has 0 aliphatic heterocycles. The SMILES string of the molecule is Oc1ccc(C=Cc2ccc(/C=C/c3ccc(O)cc3)cc2)cc1. The van der Waals surface area contributed by atoms with E-state index in [9.17, 15) is 10.2 Å². The average molecular weight is 314 g/mol. The Morgan fingerprint density at radius 2 is 0.583 bits per heavy atom. The summed E-state index contributed by atoms with van der Waals surface area (Å²) in [4.78, 5) is 0. The lowest BCUT2D eigenvalue weighted by atomic mass is 10.1. The van der Waals surface area contributed by atoms with Crippen LogP contribution in [0, 0.1) is 0 Å². The molecule has 24 heavy (non-hydrogen) atoms. The van der Waals surface area contributed by atoms with Gasteiger partial charge in [0.05, 0.1) is 0 Å². The zero-order valence-electron chi connectivity index (χ0n) is 13.1. The molecular formula is C22H18O2. The second-order valence-corrected chi connectivity index (χ2v) is 5.52. The van der Waals surface area contributed by atoms with Gasteiger partial charge in [-0.25, -0.2) is 0 Å². The Bertz CT molecular complexity index is 765. The van der Waals surface area contributed by atoms with Gasteiger partial charge in [-0.2, -0.15) is 0 Å². The predicted octanol–water partition coefficient (Wildman–Crippen LogP) is 5.44. The first kappa shape index (κ1) is 15.6. The van der Waals surface area contributed by atoms with Gasteiger partial charge in [0.15, 0.2) is 0 Å². The van der Waals surface area contributed by atoms with E-state index in [2.05, 4.69) is 24.3 Å². The van der Waals surface area contributed by atoms with Crippen LogP contribution in [0.1, 0.15) is 22.3 Å². The molecule has 0 radical (unpaired) electrons. The smallest absolute Gasteiger partial charge is 0.115 e. The summed E-state index contributed by atoms with van der Waals surface area (Å²) in [6, 6.07) is 22.5. The lowest BCUT2D eigenvalue weighted by Gasteiger charge is -1.98. The molecule has 0 atom stereocenters. The van der Waals surface area contributed by atoms with Crippen LogP contribution in [0.3, 0.4) is 0 Å². The second kappa shape index (κ2) is 7.34. The first-order valence-electron chi connectivity index (χ1n) is 7.73. The molecule has 3 aromatic carbocycles. The van der Waals surface area contributed by atoms with Gasteiger partial charge in [-0.3, -0.25) is 0 Å². The fraction of sp³-hybridized carbons (Fsp3) is 0. The minimum Gasteiger partial charge on any atom is -0.508 e. The second-order valence-electron chi connectivity index (χ2n) is 5.52. The Hall–Kier alpha value is -3.26. The van der Waals surface area contributed by atoms with Crippen molar-refractivity contribution in [2.75, 3.05) is 0 Å². The molecule has 0 aliphatic rings. The highest BCUT2D eigenvalue weighted by atomic mass is 16.3. The van der Waals surface area contributed by atoms with E-state index in [1.165, 1.54) is 0 Å².